The Kier molecular flexibility index (Phi) is 7.42. The smallest absolute Gasteiger partial charge is 0.387 e. The number of aliphatic hydroxyl groups is 1. The van der Waals surface area contributed by atoms with Gasteiger partial charge in [-0.05, 0) is 35.2 Å². The van der Waals surface area contributed by atoms with Crippen LogP contribution in [0.1, 0.15) is 16.5 Å². The van der Waals surface area contributed by atoms with Gasteiger partial charge in [0.2, 0.25) is 0 Å². The lowest BCUT2D eigenvalue weighted by atomic mass is 10.2. The van der Waals surface area contributed by atoms with E-state index in [4.69, 9.17) is 4.74 Å². The molecule has 0 saturated carbocycles. The minimum absolute atomic E-state index is 0.0325. The van der Waals surface area contributed by atoms with E-state index >= 15 is 0 Å². The number of rotatable bonds is 8. The molecule has 0 bridgehead atoms. The molecule has 0 saturated heterocycles. The van der Waals surface area contributed by atoms with Gasteiger partial charge >= 0.3 is 6.61 Å². The second-order valence-corrected chi connectivity index (χ2v) is 7.49. The van der Waals surface area contributed by atoms with Gasteiger partial charge in [-0.2, -0.15) is 8.78 Å². The summed E-state index contributed by atoms with van der Waals surface area (Å²) < 4.78 is 35.8. The molecule has 9 heteroatoms. The summed E-state index contributed by atoms with van der Waals surface area (Å²) in [5, 5.41) is 17.7. The van der Waals surface area contributed by atoms with Gasteiger partial charge < -0.3 is 25.2 Å². The van der Waals surface area contributed by atoms with Crippen LogP contribution in [0.4, 0.5) is 8.78 Å². The summed E-state index contributed by atoms with van der Waals surface area (Å²) in [7, 11) is 3.00. The number of ether oxygens (including phenoxy) is 2. The summed E-state index contributed by atoms with van der Waals surface area (Å²) in [5.74, 6) is 0.672. The summed E-state index contributed by atoms with van der Waals surface area (Å²) in [6.45, 7) is -2.34. The highest BCUT2D eigenvalue weighted by Gasteiger charge is 2.13. The zero-order valence-corrected chi connectivity index (χ0v) is 17.4. The number of methoxy groups -OCH3 is 1. The van der Waals surface area contributed by atoms with Gasteiger partial charge in [-0.25, -0.2) is 0 Å². The van der Waals surface area contributed by atoms with Crippen LogP contribution in [0, 0.1) is 0 Å². The molecule has 1 unspecified atom stereocenters. The van der Waals surface area contributed by atoms with Crippen molar-refractivity contribution in [2.24, 2.45) is 4.99 Å². The largest absolute Gasteiger partial charge is 0.493 e. The van der Waals surface area contributed by atoms with E-state index in [0.29, 0.717) is 18.1 Å². The molecule has 3 rings (SSSR count). The fraction of sp³-hybridized carbons (Fsp3) is 0.286. The highest BCUT2D eigenvalue weighted by atomic mass is 32.1. The summed E-state index contributed by atoms with van der Waals surface area (Å²) in [6, 6.07) is 14.7. The highest BCUT2D eigenvalue weighted by molar-refractivity contribution is 7.19. The molecule has 0 amide bonds. The lowest BCUT2D eigenvalue weighted by Crippen LogP contribution is -2.38. The molecular weight excluding hydrogens is 412 g/mol. The molecule has 1 heterocycles. The van der Waals surface area contributed by atoms with Gasteiger partial charge in [0.05, 0.1) is 7.11 Å². The Morgan fingerprint density at radius 3 is 2.63 bits per heavy atom. The Bertz CT molecular complexity index is 977. The number of thiophene rings is 1. The van der Waals surface area contributed by atoms with Crippen molar-refractivity contribution in [1.29, 1.82) is 0 Å². The molecule has 3 N–H and O–H groups in total. The maximum Gasteiger partial charge on any atom is 0.387 e. The van der Waals surface area contributed by atoms with Crippen LogP contribution in [0.5, 0.6) is 11.5 Å². The zero-order valence-electron chi connectivity index (χ0n) is 16.6. The summed E-state index contributed by atoms with van der Waals surface area (Å²) in [5.41, 5.74) is 0.708. The first kappa shape index (κ1) is 21.8. The second-order valence-electron chi connectivity index (χ2n) is 6.37. The van der Waals surface area contributed by atoms with Crippen molar-refractivity contribution in [3.05, 3.63) is 59.0 Å². The van der Waals surface area contributed by atoms with E-state index in [1.807, 2.05) is 30.3 Å². The van der Waals surface area contributed by atoms with Gasteiger partial charge in [0, 0.05) is 29.7 Å². The van der Waals surface area contributed by atoms with E-state index in [0.717, 1.165) is 15.0 Å². The topological polar surface area (TPSA) is 75.1 Å². The van der Waals surface area contributed by atoms with Gasteiger partial charge in [0.1, 0.15) is 6.10 Å². The molecule has 30 heavy (non-hydrogen) atoms. The van der Waals surface area contributed by atoms with Crippen molar-refractivity contribution >= 4 is 27.4 Å². The Balaban J connectivity index is 1.57. The minimum atomic E-state index is -2.94. The molecule has 0 spiro atoms. The van der Waals surface area contributed by atoms with Crippen LogP contribution in [0.3, 0.4) is 0 Å². The number of hydrogen-bond acceptors (Lipinski definition) is 5. The standard InChI is InChI=1S/C21H23F2N3O3S/c1-24-21(25-11-13-7-8-16(28-2)17(9-13)29-20(22)23)26-12-15(27)19-10-14-5-3-4-6-18(14)30-19/h3-10,15,20,27H,11-12H2,1-2H3,(H2,24,25,26). The number of halogens is 2. The SMILES string of the molecule is CN=C(NCc1ccc(OC)c(OC(F)F)c1)NCC(O)c1cc2ccccc2s1. The van der Waals surface area contributed by atoms with Gasteiger partial charge in [-0.1, -0.05) is 24.3 Å². The van der Waals surface area contributed by atoms with E-state index in [1.54, 1.807) is 30.5 Å². The average Bonchev–Trinajstić information content (AvgIpc) is 3.18. The van der Waals surface area contributed by atoms with Crippen LogP contribution < -0.4 is 20.1 Å². The Hall–Kier alpha value is -2.91. The number of aliphatic imine (C=N–C) groups is 1. The maximum absolute atomic E-state index is 12.6. The van der Waals surface area contributed by atoms with Crippen molar-refractivity contribution in [1.82, 2.24) is 10.6 Å². The van der Waals surface area contributed by atoms with Gasteiger partial charge in [-0.3, -0.25) is 4.99 Å². The van der Waals surface area contributed by atoms with Crippen LogP contribution in [-0.2, 0) is 6.54 Å². The Labute approximate surface area is 177 Å². The van der Waals surface area contributed by atoms with Crippen LogP contribution in [0.2, 0.25) is 0 Å². The number of guanidine groups is 1. The molecular formula is C21H23F2N3O3S. The van der Waals surface area contributed by atoms with Gasteiger partial charge in [-0.15, -0.1) is 11.3 Å². The molecule has 1 atom stereocenters. The van der Waals surface area contributed by atoms with E-state index in [9.17, 15) is 13.9 Å². The summed E-state index contributed by atoms with van der Waals surface area (Å²) in [6.07, 6.45) is -0.687. The molecule has 0 aliphatic rings. The molecule has 3 aromatic rings. The Morgan fingerprint density at radius 2 is 1.93 bits per heavy atom. The predicted molar refractivity (Wildman–Crippen MR) is 115 cm³/mol. The normalized spacial score (nSPS) is 12.8. The van der Waals surface area contributed by atoms with Crippen LogP contribution >= 0.6 is 11.3 Å². The number of nitrogens with one attached hydrogen (secondary N) is 2. The number of benzene rings is 2. The fourth-order valence-corrected chi connectivity index (χ4v) is 3.94. The van der Waals surface area contributed by atoms with Crippen molar-refractivity contribution in [2.75, 3.05) is 20.7 Å². The quantitative estimate of drug-likeness (QED) is 0.370. The fourth-order valence-electron chi connectivity index (χ4n) is 2.89. The first-order valence-electron chi connectivity index (χ1n) is 9.23. The third-order valence-corrected chi connectivity index (χ3v) is 5.58. The van der Waals surface area contributed by atoms with Crippen LogP contribution in [0.25, 0.3) is 10.1 Å². The van der Waals surface area contributed by atoms with Crippen molar-refractivity contribution in [2.45, 2.75) is 19.3 Å². The number of fused-ring (bicyclic) bond motifs is 1. The molecule has 0 fully saturated rings. The van der Waals surface area contributed by atoms with Crippen LogP contribution in [0.15, 0.2) is 53.5 Å². The van der Waals surface area contributed by atoms with E-state index in [2.05, 4.69) is 20.4 Å². The third-order valence-electron chi connectivity index (χ3n) is 4.36. The monoisotopic (exact) mass is 435 g/mol. The number of hydrogen-bond donors (Lipinski definition) is 3. The molecule has 160 valence electrons. The first-order valence-corrected chi connectivity index (χ1v) is 10.0. The Morgan fingerprint density at radius 1 is 1.13 bits per heavy atom. The van der Waals surface area contributed by atoms with E-state index < -0.39 is 12.7 Å². The number of aliphatic hydroxyl groups excluding tert-OH is 1. The third kappa shape index (κ3) is 5.58. The van der Waals surface area contributed by atoms with Gasteiger partial charge in [0.25, 0.3) is 0 Å². The first-order chi connectivity index (χ1) is 14.5. The molecule has 6 nitrogen and oxygen atoms in total. The van der Waals surface area contributed by atoms with Crippen molar-refractivity contribution in [3.8, 4) is 11.5 Å². The van der Waals surface area contributed by atoms with Gasteiger partial charge in [0.15, 0.2) is 17.5 Å². The molecule has 0 radical (unpaired) electrons. The number of alkyl halides is 2. The lowest BCUT2D eigenvalue weighted by molar-refractivity contribution is -0.0512. The predicted octanol–water partition coefficient (Wildman–Crippen LogP) is 3.91. The molecule has 1 aromatic heterocycles. The van der Waals surface area contributed by atoms with Crippen LogP contribution in [-0.4, -0.2) is 38.4 Å². The van der Waals surface area contributed by atoms with E-state index in [-0.39, 0.29) is 18.0 Å². The molecule has 0 aliphatic heterocycles. The van der Waals surface area contributed by atoms with Crippen molar-refractivity contribution < 1.29 is 23.4 Å². The summed E-state index contributed by atoms with van der Waals surface area (Å²) >= 11 is 1.55. The zero-order chi connectivity index (χ0) is 21.5. The number of nitrogens with zero attached hydrogens (tertiary/aromatic N) is 1. The van der Waals surface area contributed by atoms with E-state index in [1.165, 1.54) is 13.2 Å². The van der Waals surface area contributed by atoms with Crippen molar-refractivity contribution in [3.63, 3.8) is 0 Å². The highest BCUT2D eigenvalue weighted by Crippen LogP contribution is 2.30. The average molecular weight is 435 g/mol. The summed E-state index contributed by atoms with van der Waals surface area (Å²) in [4.78, 5) is 4.99. The minimum Gasteiger partial charge on any atom is -0.493 e. The lowest BCUT2D eigenvalue weighted by Gasteiger charge is -2.16. The maximum atomic E-state index is 12.6. The molecule has 2 aromatic carbocycles. The molecule has 0 aliphatic carbocycles. The second kappa shape index (κ2) is 10.2.